The van der Waals surface area contributed by atoms with Gasteiger partial charge in [0, 0.05) is 11.8 Å². The second-order valence-corrected chi connectivity index (χ2v) is 10.3. The van der Waals surface area contributed by atoms with Crippen molar-refractivity contribution in [3.8, 4) is 16.9 Å². The Balaban J connectivity index is 1.29. The highest BCUT2D eigenvalue weighted by Gasteiger charge is 2.27. The van der Waals surface area contributed by atoms with Crippen LogP contribution in [0.4, 0.5) is 0 Å². The number of benzene rings is 2. The van der Waals surface area contributed by atoms with Crippen molar-refractivity contribution in [3.63, 3.8) is 0 Å². The van der Waals surface area contributed by atoms with Crippen LogP contribution in [0.2, 0.25) is 0 Å². The Labute approximate surface area is 165 Å². The molecule has 2 aromatic carbocycles. The maximum atomic E-state index is 11.6. The highest BCUT2D eigenvalue weighted by atomic mass is 32.2. The number of ether oxygens (including phenoxy) is 1. The molecule has 6 heteroatoms. The van der Waals surface area contributed by atoms with Gasteiger partial charge in [0.25, 0.3) is 0 Å². The third kappa shape index (κ3) is 3.78. The molecule has 5 nitrogen and oxygen atoms in total. The summed E-state index contributed by atoms with van der Waals surface area (Å²) < 4.78 is 31.1. The smallest absolute Gasteiger partial charge is 0.150 e. The van der Waals surface area contributed by atoms with Crippen molar-refractivity contribution in [3.05, 3.63) is 48.8 Å². The van der Waals surface area contributed by atoms with Crippen molar-refractivity contribution < 1.29 is 13.2 Å². The average molecular weight is 397 g/mol. The zero-order valence-electron chi connectivity index (χ0n) is 15.8. The van der Waals surface area contributed by atoms with Gasteiger partial charge in [0.15, 0.2) is 9.84 Å². The zero-order valence-corrected chi connectivity index (χ0v) is 16.6. The van der Waals surface area contributed by atoms with Crippen LogP contribution >= 0.6 is 0 Å². The van der Waals surface area contributed by atoms with Gasteiger partial charge >= 0.3 is 0 Å². The Kier molecular flexibility index (Phi) is 4.38. The summed E-state index contributed by atoms with van der Waals surface area (Å²) in [7, 11) is -2.81. The summed E-state index contributed by atoms with van der Waals surface area (Å²) in [6.07, 6.45) is 8.09. The number of sulfone groups is 1. The summed E-state index contributed by atoms with van der Waals surface area (Å²) >= 11 is 0. The fraction of sp³-hybridized carbons (Fsp3) is 0.409. The first-order valence-corrected chi connectivity index (χ1v) is 11.8. The predicted molar refractivity (Wildman–Crippen MR) is 110 cm³/mol. The lowest BCUT2D eigenvalue weighted by Crippen LogP contribution is -2.09. The standard InChI is InChI=1S/C22H24N2O3S/c25-28(26)10-8-16(15-28)7-9-27-22-6-3-17-1-2-18(11-19(17)12-22)20-13-23-24(14-20)21-4-5-21/h1-3,6,11-14,16,21H,4-5,7-10,15H2. The molecule has 5 rings (SSSR count). The molecular weight excluding hydrogens is 372 g/mol. The van der Waals surface area contributed by atoms with E-state index in [4.69, 9.17) is 4.74 Å². The van der Waals surface area contributed by atoms with Crippen LogP contribution in [0, 0.1) is 5.92 Å². The van der Waals surface area contributed by atoms with Gasteiger partial charge in [-0.1, -0.05) is 18.2 Å². The van der Waals surface area contributed by atoms with Gasteiger partial charge in [-0.3, -0.25) is 4.68 Å². The van der Waals surface area contributed by atoms with E-state index in [1.165, 1.54) is 18.2 Å². The van der Waals surface area contributed by atoms with Crippen molar-refractivity contribution in [1.29, 1.82) is 0 Å². The van der Waals surface area contributed by atoms with Gasteiger partial charge in [-0.2, -0.15) is 5.10 Å². The number of fused-ring (bicyclic) bond motifs is 1. The maximum absolute atomic E-state index is 11.6. The van der Waals surface area contributed by atoms with E-state index in [1.54, 1.807) is 0 Å². The first-order chi connectivity index (χ1) is 13.6. The van der Waals surface area contributed by atoms with E-state index in [1.807, 2.05) is 12.3 Å². The number of rotatable bonds is 6. The fourth-order valence-electron chi connectivity index (χ4n) is 3.96. The maximum Gasteiger partial charge on any atom is 0.150 e. The molecule has 0 N–H and O–H groups in total. The minimum Gasteiger partial charge on any atom is -0.494 e. The molecular formula is C22H24N2O3S. The summed E-state index contributed by atoms with van der Waals surface area (Å²) in [6.45, 7) is 0.555. The summed E-state index contributed by atoms with van der Waals surface area (Å²) in [6, 6.07) is 13.2. The van der Waals surface area contributed by atoms with Gasteiger partial charge in [0.1, 0.15) is 5.75 Å². The second kappa shape index (κ2) is 6.92. The van der Waals surface area contributed by atoms with Crippen LogP contribution in [0.1, 0.15) is 31.7 Å². The van der Waals surface area contributed by atoms with Gasteiger partial charge in [0.2, 0.25) is 0 Å². The van der Waals surface area contributed by atoms with Crippen LogP contribution in [0.25, 0.3) is 21.9 Å². The van der Waals surface area contributed by atoms with E-state index in [9.17, 15) is 8.42 Å². The lowest BCUT2D eigenvalue weighted by molar-refractivity contribution is 0.286. The van der Waals surface area contributed by atoms with E-state index in [-0.39, 0.29) is 5.92 Å². The molecule has 0 spiro atoms. The molecule has 146 valence electrons. The first-order valence-electron chi connectivity index (χ1n) is 9.97. The lowest BCUT2D eigenvalue weighted by Gasteiger charge is -2.11. The topological polar surface area (TPSA) is 61.2 Å². The molecule has 2 heterocycles. The average Bonchev–Trinajstić information content (AvgIpc) is 3.31. The van der Waals surface area contributed by atoms with Crippen molar-refractivity contribution in [2.75, 3.05) is 18.1 Å². The third-order valence-corrected chi connectivity index (χ3v) is 7.63. The zero-order chi connectivity index (χ0) is 19.1. The van der Waals surface area contributed by atoms with Gasteiger partial charge in [-0.25, -0.2) is 8.42 Å². The minimum absolute atomic E-state index is 0.236. The first kappa shape index (κ1) is 17.7. The third-order valence-electron chi connectivity index (χ3n) is 5.79. The number of aromatic nitrogens is 2. The molecule has 1 saturated heterocycles. The molecule has 0 bridgehead atoms. The number of hydrogen-bond acceptors (Lipinski definition) is 4. The van der Waals surface area contributed by atoms with Crippen molar-refractivity contribution in [1.82, 2.24) is 9.78 Å². The van der Waals surface area contributed by atoms with Crippen molar-refractivity contribution >= 4 is 20.6 Å². The van der Waals surface area contributed by atoms with E-state index in [0.29, 0.717) is 24.2 Å². The van der Waals surface area contributed by atoms with Crippen LogP contribution in [0.3, 0.4) is 0 Å². The highest BCUT2D eigenvalue weighted by molar-refractivity contribution is 7.91. The second-order valence-electron chi connectivity index (χ2n) is 8.07. The predicted octanol–water partition coefficient (Wildman–Crippen LogP) is 4.24. The van der Waals surface area contributed by atoms with Gasteiger partial charge in [-0.15, -0.1) is 0 Å². The molecule has 1 saturated carbocycles. The Hall–Kier alpha value is -2.34. The number of hydrogen-bond donors (Lipinski definition) is 0. The Bertz CT molecular complexity index is 1120. The highest BCUT2D eigenvalue weighted by Crippen LogP contribution is 2.35. The SMILES string of the molecule is O=S1(=O)CCC(CCOc2ccc3ccc(-c4cnn(C5CC5)c4)cc3c2)C1. The van der Waals surface area contributed by atoms with E-state index in [2.05, 4.69) is 46.3 Å². The quantitative estimate of drug-likeness (QED) is 0.625. The molecule has 1 aliphatic heterocycles. The lowest BCUT2D eigenvalue weighted by atomic mass is 10.0. The molecule has 1 unspecified atom stereocenters. The van der Waals surface area contributed by atoms with Crippen LogP contribution < -0.4 is 4.74 Å². The largest absolute Gasteiger partial charge is 0.494 e. The molecule has 0 amide bonds. The summed E-state index contributed by atoms with van der Waals surface area (Å²) in [5.41, 5.74) is 2.30. The van der Waals surface area contributed by atoms with E-state index in [0.717, 1.165) is 35.1 Å². The molecule has 0 radical (unpaired) electrons. The Morgan fingerprint density at radius 2 is 1.89 bits per heavy atom. The summed E-state index contributed by atoms with van der Waals surface area (Å²) in [5, 5.41) is 6.80. The summed E-state index contributed by atoms with van der Waals surface area (Å²) in [4.78, 5) is 0. The molecule has 2 aliphatic rings. The van der Waals surface area contributed by atoms with Crippen molar-refractivity contribution in [2.45, 2.75) is 31.7 Å². The van der Waals surface area contributed by atoms with Crippen LogP contribution in [0.15, 0.2) is 48.8 Å². The van der Waals surface area contributed by atoms with E-state index >= 15 is 0 Å². The molecule has 2 fully saturated rings. The molecule has 1 aromatic heterocycles. The Morgan fingerprint density at radius 3 is 2.68 bits per heavy atom. The van der Waals surface area contributed by atoms with Crippen LogP contribution in [-0.2, 0) is 9.84 Å². The van der Waals surface area contributed by atoms with Crippen LogP contribution in [-0.4, -0.2) is 36.3 Å². The molecule has 3 aromatic rings. The molecule has 1 atom stereocenters. The van der Waals surface area contributed by atoms with Gasteiger partial charge in [0.05, 0.1) is 30.4 Å². The fourth-order valence-corrected chi connectivity index (χ4v) is 5.87. The van der Waals surface area contributed by atoms with Gasteiger partial charge < -0.3 is 4.74 Å². The monoisotopic (exact) mass is 396 g/mol. The molecule has 28 heavy (non-hydrogen) atoms. The minimum atomic E-state index is -2.81. The molecule has 1 aliphatic carbocycles. The van der Waals surface area contributed by atoms with Crippen molar-refractivity contribution in [2.24, 2.45) is 5.92 Å². The Morgan fingerprint density at radius 1 is 1.04 bits per heavy atom. The van der Waals surface area contributed by atoms with Crippen LogP contribution in [0.5, 0.6) is 5.75 Å². The number of nitrogens with zero attached hydrogens (tertiary/aromatic N) is 2. The van der Waals surface area contributed by atoms with Gasteiger partial charge in [-0.05, 0) is 66.1 Å². The summed E-state index contributed by atoms with van der Waals surface area (Å²) in [5.74, 6) is 1.71. The normalized spacial score (nSPS) is 21.2. The van der Waals surface area contributed by atoms with E-state index < -0.39 is 9.84 Å².